The molecule has 0 aliphatic rings. The summed E-state index contributed by atoms with van der Waals surface area (Å²) in [4.78, 5) is 4.19. The van der Waals surface area contributed by atoms with Gasteiger partial charge >= 0.3 is 0 Å². The van der Waals surface area contributed by atoms with Crippen LogP contribution in [0, 0.1) is 2.88 Å². The van der Waals surface area contributed by atoms with Gasteiger partial charge in [-0.2, -0.15) is 0 Å². The number of halogens is 1. The van der Waals surface area contributed by atoms with Gasteiger partial charge in [0, 0.05) is 16.3 Å². The fraction of sp³-hybridized carbons (Fsp3) is 0. The minimum atomic E-state index is 0.631. The molecular weight excluding hydrogens is 303 g/mol. The molecule has 5 heteroatoms. The van der Waals surface area contributed by atoms with Gasteiger partial charge in [-0.25, -0.2) is 4.98 Å². The summed E-state index contributed by atoms with van der Waals surface area (Å²) in [5.41, 5.74) is 7.68. The van der Waals surface area contributed by atoms with Crippen molar-refractivity contribution in [2.24, 2.45) is 0 Å². The molecule has 0 bridgehead atoms. The van der Waals surface area contributed by atoms with Crippen LogP contribution in [0.5, 0.6) is 0 Å². The maximum atomic E-state index is 5.53. The molecule has 12 heavy (non-hydrogen) atoms. The summed E-state index contributed by atoms with van der Waals surface area (Å²) in [6, 6.07) is 2.11. The second-order valence-electron chi connectivity index (χ2n) is 2.21. The van der Waals surface area contributed by atoms with E-state index in [0.29, 0.717) is 5.13 Å². The van der Waals surface area contributed by atoms with Crippen molar-refractivity contribution in [1.29, 1.82) is 0 Å². The Morgan fingerprint density at radius 3 is 2.67 bits per heavy atom. The highest BCUT2D eigenvalue weighted by molar-refractivity contribution is 14.1. The molecule has 0 aromatic carbocycles. The minimum absolute atomic E-state index is 0.631. The van der Waals surface area contributed by atoms with Gasteiger partial charge in [0.05, 0.1) is 8.58 Å². The minimum Gasteiger partial charge on any atom is -0.375 e. The van der Waals surface area contributed by atoms with Gasteiger partial charge in [0.2, 0.25) is 0 Å². The van der Waals surface area contributed by atoms with Crippen LogP contribution in [-0.4, -0.2) is 4.98 Å². The zero-order valence-corrected chi connectivity index (χ0v) is 9.74. The topological polar surface area (TPSA) is 38.9 Å². The zero-order valence-electron chi connectivity index (χ0n) is 5.95. The lowest BCUT2D eigenvalue weighted by molar-refractivity contribution is 1.42. The molecule has 0 fully saturated rings. The van der Waals surface area contributed by atoms with Crippen LogP contribution in [0.1, 0.15) is 0 Å². The Balaban J connectivity index is 2.43. The lowest BCUT2D eigenvalue weighted by atomic mass is 10.3. The average Bonchev–Trinajstić information content (AvgIpc) is 2.58. The van der Waals surface area contributed by atoms with Crippen molar-refractivity contribution in [1.82, 2.24) is 4.98 Å². The van der Waals surface area contributed by atoms with Gasteiger partial charge in [-0.1, -0.05) is 0 Å². The molecule has 62 valence electrons. The van der Waals surface area contributed by atoms with Crippen LogP contribution in [0.15, 0.2) is 16.8 Å². The third kappa shape index (κ3) is 1.62. The standard InChI is InChI=1S/C7H5IN2S2/c8-6-1-4(2-11-6)5-3-12-7(9)10-5/h1-3H,(H2,9,10). The maximum Gasteiger partial charge on any atom is 0.180 e. The summed E-state index contributed by atoms with van der Waals surface area (Å²) in [7, 11) is 0. The molecule has 0 aliphatic heterocycles. The van der Waals surface area contributed by atoms with Gasteiger partial charge in [-0.15, -0.1) is 22.7 Å². The predicted molar refractivity (Wildman–Crippen MR) is 62.6 cm³/mol. The number of nitrogens with two attached hydrogens (primary N) is 1. The molecule has 2 nitrogen and oxygen atoms in total. The first kappa shape index (κ1) is 8.46. The first-order chi connectivity index (χ1) is 5.75. The van der Waals surface area contributed by atoms with Crippen molar-refractivity contribution in [2.45, 2.75) is 0 Å². The molecule has 0 saturated heterocycles. The number of nitrogens with zero attached hydrogens (tertiary/aromatic N) is 1. The van der Waals surface area contributed by atoms with Crippen molar-refractivity contribution in [2.75, 3.05) is 5.73 Å². The number of rotatable bonds is 1. The van der Waals surface area contributed by atoms with Crippen LogP contribution < -0.4 is 5.73 Å². The van der Waals surface area contributed by atoms with Crippen LogP contribution >= 0.6 is 45.3 Å². The molecule has 0 radical (unpaired) electrons. The summed E-state index contributed by atoms with van der Waals surface area (Å²) in [6.45, 7) is 0. The maximum absolute atomic E-state index is 5.53. The second kappa shape index (κ2) is 3.31. The molecule has 0 atom stereocenters. The highest BCUT2D eigenvalue weighted by Crippen LogP contribution is 2.28. The fourth-order valence-electron chi connectivity index (χ4n) is 0.865. The van der Waals surface area contributed by atoms with E-state index in [0.717, 1.165) is 11.3 Å². The van der Waals surface area contributed by atoms with E-state index in [-0.39, 0.29) is 0 Å². The molecule has 2 aromatic rings. The first-order valence-electron chi connectivity index (χ1n) is 3.21. The van der Waals surface area contributed by atoms with Crippen molar-refractivity contribution in [3.63, 3.8) is 0 Å². The van der Waals surface area contributed by atoms with Gasteiger partial charge in [-0.3, -0.25) is 0 Å². The van der Waals surface area contributed by atoms with E-state index < -0.39 is 0 Å². The Kier molecular flexibility index (Phi) is 2.33. The van der Waals surface area contributed by atoms with Crippen LogP contribution in [0.2, 0.25) is 0 Å². The third-order valence-corrected chi connectivity index (χ3v) is 3.85. The van der Waals surface area contributed by atoms with Gasteiger partial charge in [-0.05, 0) is 28.7 Å². The van der Waals surface area contributed by atoms with Crippen LogP contribution in [-0.2, 0) is 0 Å². The normalized spacial score (nSPS) is 10.4. The second-order valence-corrected chi connectivity index (χ2v) is 5.91. The van der Waals surface area contributed by atoms with E-state index >= 15 is 0 Å². The highest BCUT2D eigenvalue weighted by Gasteiger charge is 2.03. The number of thiophene rings is 1. The van der Waals surface area contributed by atoms with E-state index in [1.54, 1.807) is 11.3 Å². The smallest absolute Gasteiger partial charge is 0.180 e. The van der Waals surface area contributed by atoms with Crippen molar-refractivity contribution in [3.05, 3.63) is 19.7 Å². The average molecular weight is 308 g/mol. The number of hydrogen-bond donors (Lipinski definition) is 1. The molecule has 0 amide bonds. The van der Waals surface area contributed by atoms with E-state index in [4.69, 9.17) is 5.73 Å². The number of nitrogen functional groups attached to an aromatic ring is 1. The van der Waals surface area contributed by atoms with Crippen molar-refractivity contribution in [3.8, 4) is 11.3 Å². The van der Waals surface area contributed by atoms with Gasteiger partial charge in [0.15, 0.2) is 5.13 Å². The lowest BCUT2D eigenvalue weighted by Crippen LogP contribution is -1.81. The first-order valence-corrected chi connectivity index (χ1v) is 6.05. The quantitative estimate of drug-likeness (QED) is 0.822. The Hall–Kier alpha value is -0.140. The monoisotopic (exact) mass is 308 g/mol. The summed E-state index contributed by atoms with van der Waals surface area (Å²) < 4.78 is 1.27. The summed E-state index contributed by atoms with van der Waals surface area (Å²) in [6.07, 6.45) is 0. The largest absolute Gasteiger partial charge is 0.375 e. The molecule has 2 heterocycles. The summed E-state index contributed by atoms with van der Waals surface area (Å²) in [5, 5.41) is 4.70. The highest BCUT2D eigenvalue weighted by atomic mass is 127. The summed E-state index contributed by atoms with van der Waals surface area (Å²) >= 11 is 5.49. The molecule has 0 unspecified atom stereocenters. The Morgan fingerprint density at radius 2 is 2.17 bits per heavy atom. The lowest BCUT2D eigenvalue weighted by Gasteiger charge is -1.85. The molecule has 2 N–H and O–H groups in total. The molecular formula is C7H5IN2S2. The fourth-order valence-corrected chi connectivity index (χ4v) is 2.78. The van der Waals surface area contributed by atoms with Crippen molar-refractivity contribution < 1.29 is 0 Å². The van der Waals surface area contributed by atoms with Crippen LogP contribution in [0.4, 0.5) is 5.13 Å². The molecule has 2 aromatic heterocycles. The summed E-state index contributed by atoms with van der Waals surface area (Å²) in [5.74, 6) is 0. The van der Waals surface area contributed by atoms with Gasteiger partial charge in [0.25, 0.3) is 0 Å². The van der Waals surface area contributed by atoms with E-state index in [1.165, 1.54) is 14.2 Å². The predicted octanol–water partition coefficient (Wildman–Crippen LogP) is 3.06. The van der Waals surface area contributed by atoms with Crippen LogP contribution in [0.25, 0.3) is 11.3 Å². The number of aromatic nitrogens is 1. The number of thiazole rings is 1. The molecule has 0 saturated carbocycles. The van der Waals surface area contributed by atoms with Crippen LogP contribution in [0.3, 0.4) is 0 Å². The third-order valence-electron chi connectivity index (χ3n) is 1.39. The van der Waals surface area contributed by atoms with Gasteiger partial charge < -0.3 is 5.73 Å². The van der Waals surface area contributed by atoms with Crippen molar-refractivity contribution >= 4 is 50.4 Å². The number of hydrogen-bond acceptors (Lipinski definition) is 4. The Morgan fingerprint density at radius 1 is 1.33 bits per heavy atom. The van der Waals surface area contributed by atoms with E-state index in [9.17, 15) is 0 Å². The Labute approximate surface area is 91.6 Å². The SMILES string of the molecule is Nc1nc(-c2csc(I)c2)cs1. The molecule has 0 spiro atoms. The molecule has 0 aliphatic carbocycles. The van der Waals surface area contributed by atoms with E-state index in [1.807, 2.05) is 5.38 Å². The van der Waals surface area contributed by atoms with E-state index in [2.05, 4.69) is 39.0 Å². The van der Waals surface area contributed by atoms with Gasteiger partial charge in [0.1, 0.15) is 0 Å². The Bertz CT molecular complexity index is 355. The number of anilines is 1. The zero-order chi connectivity index (χ0) is 8.55. The molecule has 2 rings (SSSR count).